The van der Waals surface area contributed by atoms with Crippen LogP contribution in [0.15, 0.2) is 0 Å². The van der Waals surface area contributed by atoms with Crippen molar-refractivity contribution in [2.45, 2.75) is 71.3 Å². The molecule has 0 heterocycles. The molecule has 0 aromatic heterocycles. The van der Waals surface area contributed by atoms with E-state index < -0.39 is 0 Å². The SMILES string of the molecule is CC(C)(C#N)CCCCOC1CCCCC1. The Kier molecular flexibility index (Phi) is 5.84. The fraction of sp³-hybridized carbons (Fsp3) is 0.929. The normalized spacial score (nSPS) is 18.3. The Balaban J connectivity index is 1.97. The third-order valence-electron chi connectivity index (χ3n) is 3.40. The molecule has 1 rings (SSSR count). The van der Waals surface area contributed by atoms with Gasteiger partial charge in [-0.2, -0.15) is 5.26 Å². The average molecular weight is 223 g/mol. The first kappa shape index (κ1) is 13.5. The van der Waals surface area contributed by atoms with E-state index in [4.69, 9.17) is 10.00 Å². The molecule has 92 valence electrons. The van der Waals surface area contributed by atoms with Gasteiger partial charge >= 0.3 is 0 Å². The van der Waals surface area contributed by atoms with Crippen LogP contribution < -0.4 is 0 Å². The van der Waals surface area contributed by atoms with Crippen LogP contribution in [-0.2, 0) is 4.74 Å². The minimum absolute atomic E-state index is 0.162. The number of nitriles is 1. The summed E-state index contributed by atoms with van der Waals surface area (Å²) in [6, 6.07) is 2.34. The average Bonchev–Trinajstić information content (AvgIpc) is 2.30. The van der Waals surface area contributed by atoms with Gasteiger partial charge in [0, 0.05) is 6.61 Å². The third-order valence-corrected chi connectivity index (χ3v) is 3.40. The van der Waals surface area contributed by atoms with Crippen molar-refractivity contribution in [3.8, 4) is 6.07 Å². The van der Waals surface area contributed by atoms with E-state index >= 15 is 0 Å². The number of nitrogens with zero attached hydrogens (tertiary/aromatic N) is 1. The Morgan fingerprint density at radius 1 is 1.19 bits per heavy atom. The molecule has 0 aliphatic heterocycles. The highest BCUT2D eigenvalue weighted by atomic mass is 16.5. The lowest BCUT2D eigenvalue weighted by Crippen LogP contribution is -2.17. The topological polar surface area (TPSA) is 33.0 Å². The Labute approximate surface area is 100.0 Å². The zero-order chi connectivity index (χ0) is 11.9. The van der Waals surface area contributed by atoms with E-state index in [0.717, 1.165) is 25.9 Å². The molecule has 16 heavy (non-hydrogen) atoms. The maximum absolute atomic E-state index is 8.87. The van der Waals surface area contributed by atoms with Gasteiger partial charge in [-0.15, -0.1) is 0 Å². The predicted octanol–water partition coefficient (Wildman–Crippen LogP) is 4.06. The van der Waals surface area contributed by atoms with E-state index in [2.05, 4.69) is 6.07 Å². The van der Waals surface area contributed by atoms with Crippen molar-refractivity contribution in [1.29, 1.82) is 5.26 Å². The predicted molar refractivity (Wildman–Crippen MR) is 66.1 cm³/mol. The molecule has 0 aromatic carbocycles. The van der Waals surface area contributed by atoms with Gasteiger partial charge in [0.2, 0.25) is 0 Å². The summed E-state index contributed by atoms with van der Waals surface area (Å²) in [5.41, 5.74) is -0.162. The molecule has 2 heteroatoms. The van der Waals surface area contributed by atoms with Crippen LogP contribution in [-0.4, -0.2) is 12.7 Å². The zero-order valence-electron chi connectivity index (χ0n) is 10.8. The largest absolute Gasteiger partial charge is 0.378 e. The molecule has 1 aliphatic carbocycles. The van der Waals surface area contributed by atoms with Crippen molar-refractivity contribution in [3.05, 3.63) is 0 Å². The minimum Gasteiger partial charge on any atom is -0.378 e. The van der Waals surface area contributed by atoms with Crippen LogP contribution in [0.1, 0.15) is 65.2 Å². The van der Waals surface area contributed by atoms with Crippen LogP contribution >= 0.6 is 0 Å². The molecular formula is C14H25NO. The van der Waals surface area contributed by atoms with Crippen molar-refractivity contribution < 1.29 is 4.74 Å². The first-order chi connectivity index (χ1) is 7.64. The zero-order valence-corrected chi connectivity index (χ0v) is 10.8. The molecule has 1 saturated carbocycles. The van der Waals surface area contributed by atoms with Crippen molar-refractivity contribution in [2.75, 3.05) is 6.61 Å². The summed E-state index contributed by atoms with van der Waals surface area (Å²) in [7, 11) is 0. The third kappa shape index (κ3) is 5.51. The van der Waals surface area contributed by atoms with E-state index in [0.29, 0.717) is 6.10 Å². The van der Waals surface area contributed by atoms with Gasteiger partial charge in [-0.3, -0.25) is 0 Å². The molecule has 0 spiro atoms. The Morgan fingerprint density at radius 2 is 1.88 bits per heavy atom. The molecule has 1 aliphatic rings. The highest BCUT2D eigenvalue weighted by Crippen LogP contribution is 2.23. The lowest BCUT2D eigenvalue weighted by Gasteiger charge is -2.22. The molecule has 1 fully saturated rings. The summed E-state index contributed by atoms with van der Waals surface area (Å²) >= 11 is 0. The van der Waals surface area contributed by atoms with E-state index in [1.807, 2.05) is 13.8 Å². The van der Waals surface area contributed by atoms with Gasteiger partial charge in [0.05, 0.1) is 17.6 Å². The minimum atomic E-state index is -0.162. The first-order valence-electron chi connectivity index (χ1n) is 6.67. The van der Waals surface area contributed by atoms with Gasteiger partial charge in [-0.05, 0) is 46.0 Å². The molecule has 0 saturated heterocycles. The van der Waals surface area contributed by atoms with Crippen LogP contribution in [0.25, 0.3) is 0 Å². The second-order valence-electron chi connectivity index (χ2n) is 5.58. The molecule has 0 atom stereocenters. The molecule has 0 unspecified atom stereocenters. The summed E-state index contributed by atoms with van der Waals surface area (Å²) in [6.45, 7) is 4.90. The van der Waals surface area contributed by atoms with E-state index in [9.17, 15) is 0 Å². The highest BCUT2D eigenvalue weighted by Gasteiger charge is 2.16. The van der Waals surface area contributed by atoms with Gasteiger partial charge in [0.25, 0.3) is 0 Å². The van der Waals surface area contributed by atoms with E-state index in [-0.39, 0.29) is 5.41 Å². The fourth-order valence-corrected chi connectivity index (χ4v) is 2.21. The highest BCUT2D eigenvalue weighted by molar-refractivity contribution is 4.91. The van der Waals surface area contributed by atoms with Gasteiger partial charge in [0.15, 0.2) is 0 Å². The molecule has 0 amide bonds. The quantitative estimate of drug-likeness (QED) is 0.636. The summed E-state index contributed by atoms with van der Waals surface area (Å²) in [6.07, 6.45) is 10.3. The first-order valence-corrected chi connectivity index (χ1v) is 6.67. The fourth-order valence-electron chi connectivity index (χ4n) is 2.21. The summed E-state index contributed by atoms with van der Waals surface area (Å²) in [4.78, 5) is 0. The molecule has 0 bridgehead atoms. The maximum Gasteiger partial charge on any atom is 0.0683 e. The second kappa shape index (κ2) is 6.91. The van der Waals surface area contributed by atoms with Crippen LogP contribution in [0.2, 0.25) is 0 Å². The van der Waals surface area contributed by atoms with Crippen molar-refractivity contribution >= 4 is 0 Å². The number of hydrogen-bond donors (Lipinski definition) is 0. The van der Waals surface area contributed by atoms with Crippen LogP contribution in [0.3, 0.4) is 0 Å². The van der Waals surface area contributed by atoms with E-state index in [1.54, 1.807) is 0 Å². The Hall–Kier alpha value is -0.550. The summed E-state index contributed by atoms with van der Waals surface area (Å²) in [5.74, 6) is 0. The number of unbranched alkanes of at least 4 members (excludes halogenated alkanes) is 1. The Morgan fingerprint density at radius 3 is 2.50 bits per heavy atom. The van der Waals surface area contributed by atoms with Crippen molar-refractivity contribution in [1.82, 2.24) is 0 Å². The molecule has 0 N–H and O–H groups in total. The molecule has 0 radical (unpaired) electrons. The number of ether oxygens (including phenoxy) is 1. The lowest BCUT2D eigenvalue weighted by atomic mass is 9.89. The van der Waals surface area contributed by atoms with Gasteiger partial charge in [-0.25, -0.2) is 0 Å². The Bertz CT molecular complexity index is 223. The smallest absolute Gasteiger partial charge is 0.0683 e. The molecule has 0 aromatic rings. The van der Waals surface area contributed by atoms with Crippen LogP contribution in [0.4, 0.5) is 0 Å². The second-order valence-corrected chi connectivity index (χ2v) is 5.58. The maximum atomic E-state index is 8.87. The van der Waals surface area contributed by atoms with Gasteiger partial charge in [-0.1, -0.05) is 19.3 Å². The summed E-state index contributed by atoms with van der Waals surface area (Å²) in [5, 5.41) is 8.87. The number of rotatable bonds is 6. The van der Waals surface area contributed by atoms with Gasteiger partial charge < -0.3 is 4.74 Å². The summed E-state index contributed by atoms with van der Waals surface area (Å²) < 4.78 is 5.85. The number of hydrogen-bond acceptors (Lipinski definition) is 2. The van der Waals surface area contributed by atoms with Crippen molar-refractivity contribution in [2.24, 2.45) is 5.41 Å². The lowest BCUT2D eigenvalue weighted by molar-refractivity contribution is 0.0258. The monoisotopic (exact) mass is 223 g/mol. The van der Waals surface area contributed by atoms with Crippen LogP contribution in [0, 0.1) is 16.7 Å². The van der Waals surface area contributed by atoms with Crippen LogP contribution in [0.5, 0.6) is 0 Å². The molecular weight excluding hydrogens is 198 g/mol. The molecule has 2 nitrogen and oxygen atoms in total. The van der Waals surface area contributed by atoms with E-state index in [1.165, 1.54) is 32.1 Å². The standard InChI is InChI=1S/C14H25NO/c1-14(2,12-15)10-6-7-11-16-13-8-4-3-5-9-13/h13H,3-11H2,1-2H3. The van der Waals surface area contributed by atoms with Gasteiger partial charge in [0.1, 0.15) is 0 Å². The van der Waals surface area contributed by atoms with Crippen molar-refractivity contribution in [3.63, 3.8) is 0 Å².